The average Bonchev–Trinajstić information content (AvgIpc) is 3.28. The molecule has 1 N–H and O–H groups in total. The first-order chi connectivity index (χ1) is 13.7. The summed E-state index contributed by atoms with van der Waals surface area (Å²) < 4.78 is 37.1. The molecule has 1 atom stereocenters. The predicted molar refractivity (Wildman–Crippen MR) is 104 cm³/mol. The highest BCUT2D eigenvalue weighted by atomic mass is 32.2. The number of carbonyl (C=O) groups is 2. The summed E-state index contributed by atoms with van der Waals surface area (Å²) in [6, 6.07) is 0. The van der Waals surface area contributed by atoms with Gasteiger partial charge in [-0.05, 0) is 33.6 Å². The second kappa shape index (κ2) is 8.59. The molecule has 0 spiro atoms. The van der Waals surface area contributed by atoms with Crippen LogP contribution in [0.4, 0.5) is 5.13 Å². The second-order valence-corrected chi connectivity index (χ2v) is 9.34. The zero-order chi connectivity index (χ0) is 21.2. The Morgan fingerprint density at radius 1 is 1.41 bits per heavy atom. The van der Waals surface area contributed by atoms with Crippen molar-refractivity contribution in [2.24, 2.45) is 5.92 Å². The largest absolute Gasteiger partial charge is 0.461 e. The summed E-state index contributed by atoms with van der Waals surface area (Å²) in [7, 11) is -3.81. The lowest BCUT2D eigenvalue weighted by Crippen LogP contribution is -2.43. The monoisotopic (exact) mass is 442 g/mol. The zero-order valence-corrected chi connectivity index (χ0v) is 17.9. The second-order valence-electron chi connectivity index (χ2n) is 6.60. The molecule has 1 aliphatic rings. The summed E-state index contributed by atoms with van der Waals surface area (Å²) in [5.41, 5.74) is 0.418. The summed E-state index contributed by atoms with van der Waals surface area (Å²) in [6.45, 7) is 5.41. The van der Waals surface area contributed by atoms with Crippen molar-refractivity contribution in [2.75, 3.05) is 25.0 Å². The van der Waals surface area contributed by atoms with Gasteiger partial charge in [-0.25, -0.2) is 18.2 Å². The topological polar surface area (TPSA) is 132 Å². The summed E-state index contributed by atoms with van der Waals surface area (Å²) in [5, 5.41) is 8.15. The molecule has 0 aromatic carbocycles. The van der Waals surface area contributed by atoms with Gasteiger partial charge in [-0.1, -0.05) is 5.16 Å². The number of esters is 1. The molecule has 29 heavy (non-hydrogen) atoms. The fraction of sp³-hybridized carbons (Fsp3) is 0.529. The third-order valence-electron chi connectivity index (χ3n) is 4.54. The van der Waals surface area contributed by atoms with Crippen LogP contribution in [0.1, 0.15) is 41.7 Å². The van der Waals surface area contributed by atoms with E-state index in [-0.39, 0.29) is 40.5 Å². The number of amides is 1. The smallest absolute Gasteiger partial charge is 0.357 e. The lowest BCUT2D eigenvalue weighted by atomic mass is 9.99. The van der Waals surface area contributed by atoms with Gasteiger partial charge in [-0.2, -0.15) is 4.31 Å². The van der Waals surface area contributed by atoms with E-state index in [4.69, 9.17) is 9.26 Å². The van der Waals surface area contributed by atoms with Crippen LogP contribution >= 0.6 is 11.3 Å². The molecule has 2 aromatic heterocycles. The maximum atomic E-state index is 13.0. The maximum Gasteiger partial charge on any atom is 0.357 e. The van der Waals surface area contributed by atoms with Crippen LogP contribution in [0.25, 0.3) is 0 Å². The molecular formula is C17H22N4O6S2. The molecule has 3 rings (SSSR count). The van der Waals surface area contributed by atoms with Gasteiger partial charge in [0.1, 0.15) is 10.6 Å². The molecule has 1 amide bonds. The van der Waals surface area contributed by atoms with Crippen molar-refractivity contribution in [3.8, 4) is 0 Å². The number of carbonyl (C=O) groups excluding carboxylic acids is 2. The number of aryl methyl sites for hydroxylation is 2. The molecule has 0 aliphatic carbocycles. The van der Waals surface area contributed by atoms with Crippen molar-refractivity contribution in [1.29, 1.82) is 0 Å². The van der Waals surface area contributed by atoms with E-state index in [1.807, 2.05) is 0 Å². The van der Waals surface area contributed by atoms with E-state index < -0.39 is 21.9 Å². The van der Waals surface area contributed by atoms with Crippen LogP contribution in [-0.2, 0) is 19.6 Å². The van der Waals surface area contributed by atoms with Gasteiger partial charge < -0.3 is 14.6 Å². The Morgan fingerprint density at radius 3 is 2.83 bits per heavy atom. The van der Waals surface area contributed by atoms with E-state index >= 15 is 0 Å². The highest BCUT2D eigenvalue weighted by Crippen LogP contribution is 2.28. The Labute approximate surface area is 172 Å². The number of hydrogen-bond acceptors (Lipinski definition) is 9. The number of aromatic nitrogens is 2. The fourth-order valence-electron chi connectivity index (χ4n) is 3.18. The Balaban J connectivity index is 1.69. The highest BCUT2D eigenvalue weighted by Gasteiger charge is 2.36. The van der Waals surface area contributed by atoms with E-state index in [0.717, 1.165) is 11.3 Å². The Morgan fingerprint density at radius 2 is 2.17 bits per heavy atom. The molecule has 1 saturated heterocycles. The van der Waals surface area contributed by atoms with Crippen LogP contribution in [0.3, 0.4) is 0 Å². The minimum absolute atomic E-state index is 0.0499. The number of hydrogen-bond donors (Lipinski definition) is 1. The minimum Gasteiger partial charge on any atom is -0.461 e. The molecule has 10 nitrogen and oxygen atoms in total. The van der Waals surface area contributed by atoms with Crippen molar-refractivity contribution >= 4 is 38.4 Å². The zero-order valence-electron chi connectivity index (χ0n) is 16.3. The molecule has 0 saturated carbocycles. The van der Waals surface area contributed by atoms with Gasteiger partial charge >= 0.3 is 5.97 Å². The third kappa shape index (κ3) is 4.49. The lowest BCUT2D eigenvalue weighted by molar-refractivity contribution is -0.120. The van der Waals surface area contributed by atoms with Gasteiger partial charge in [0.15, 0.2) is 16.6 Å². The number of anilines is 1. The number of rotatable bonds is 6. The van der Waals surface area contributed by atoms with Crippen molar-refractivity contribution in [3.05, 3.63) is 22.5 Å². The molecule has 12 heteroatoms. The van der Waals surface area contributed by atoms with Crippen LogP contribution in [-0.4, -0.2) is 54.4 Å². The van der Waals surface area contributed by atoms with Crippen molar-refractivity contribution in [2.45, 2.75) is 38.5 Å². The van der Waals surface area contributed by atoms with Crippen LogP contribution < -0.4 is 5.32 Å². The van der Waals surface area contributed by atoms with Crippen molar-refractivity contribution < 1.29 is 27.3 Å². The normalized spacial score (nSPS) is 17.8. The quantitative estimate of drug-likeness (QED) is 0.672. The number of nitrogens with zero attached hydrogens (tertiary/aromatic N) is 3. The molecule has 1 aliphatic heterocycles. The van der Waals surface area contributed by atoms with Crippen LogP contribution in [0.15, 0.2) is 14.8 Å². The number of piperidine rings is 1. The predicted octanol–water partition coefficient (Wildman–Crippen LogP) is 1.96. The Hall–Kier alpha value is -2.31. The molecule has 1 fully saturated rings. The fourth-order valence-corrected chi connectivity index (χ4v) is 5.68. The van der Waals surface area contributed by atoms with Gasteiger partial charge in [0.05, 0.1) is 12.5 Å². The van der Waals surface area contributed by atoms with Crippen molar-refractivity contribution in [3.63, 3.8) is 0 Å². The van der Waals surface area contributed by atoms with E-state index in [1.165, 1.54) is 9.69 Å². The molecule has 3 heterocycles. The van der Waals surface area contributed by atoms with Gasteiger partial charge in [0.25, 0.3) is 0 Å². The van der Waals surface area contributed by atoms with Gasteiger partial charge in [0.2, 0.25) is 15.9 Å². The van der Waals surface area contributed by atoms with Gasteiger partial charge in [-0.3, -0.25) is 4.79 Å². The molecule has 1 unspecified atom stereocenters. The van der Waals surface area contributed by atoms with Crippen molar-refractivity contribution in [1.82, 2.24) is 14.4 Å². The summed E-state index contributed by atoms with van der Waals surface area (Å²) in [4.78, 5) is 28.4. The average molecular weight is 443 g/mol. The van der Waals surface area contributed by atoms with E-state index in [9.17, 15) is 18.0 Å². The first-order valence-corrected chi connectivity index (χ1v) is 11.4. The highest BCUT2D eigenvalue weighted by molar-refractivity contribution is 7.89. The number of nitrogens with one attached hydrogen (secondary N) is 1. The van der Waals surface area contributed by atoms with Gasteiger partial charge in [-0.15, -0.1) is 11.3 Å². The summed E-state index contributed by atoms with van der Waals surface area (Å²) >= 11 is 1.11. The number of ether oxygens (including phenoxy) is 1. The Bertz CT molecular complexity index is 994. The molecular weight excluding hydrogens is 420 g/mol. The standard InChI is InChI=1S/C17H22N4O6S2/c1-4-26-16(23)13-9-28-17(18-13)19-15(22)12-6-5-7-21(8-12)29(24,25)14-10(2)20-27-11(14)3/h9,12H,4-8H2,1-3H3,(H,18,19,22). The van der Waals surface area contributed by atoms with Crippen LogP contribution in [0, 0.1) is 19.8 Å². The summed E-state index contributed by atoms with van der Waals surface area (Å²) in [5.74, 6) is -1.20. The molecule has 0 bridgehead atoms. The molecule has 158 valence electrons. The molecule has 0 radical (unpaired) electrons. The minimum atomic E-state index is -3.81. The number of sulfonamides is 1. The molecule has 2 aromatic rings. The maximum absolute atomic E-state index is 13.0. The lowest BCUT2D eigenvalue weighted by Gasteiger charge is -2.30. The number of thiazole rings is 1. The first-order valence-electron chi connectivity index (χ1n) is 9.10. The van der Waals surface area contributed by atoms with E-state index in [1.54, 1.807) is 20.8 Å². The third-order valence-corrected chi connectivity index (χ3v) is 7.41. The van der Waals surface area contributed by atoms with Crippen LogP contribution in [0.2, 0.25) is 0 Å². The SMILES string of the molecule is CCOC(=O)c1csc(NC(=O)C2CCCN(S(=O)(=O)c3c(C)noc3C)C2)n1. The first kappa shape index (κ1) is 21.4. The van der Waals surface area contributed by atoms with Gasteiger partial charge in [0, 0.05) is 18.5 Å². The summed E-state index contributed by atoms with van der Waals surface area (Å²) in [6.07, 6.45) is 1.10. The van der Waals surface area contributed by atoms with Crippen LogP contribution in [0.5, 0.6) is 0 Å². The van der Waals surface area contributed by atoms with E-state index in [0.29, 0.717) is 25.1 Å². The Kier molecular flexibility index (Phi) is 6.34. The van der Waals surface area contributed by atoms with E-state index in [2.05, 4.69) is 15.5 Å².